The van der Waals surface area contributed by atoms with Crippen LogP contribution in [0.5, 0.6) is 0 Å². The van der Waals surface area contributed by atoms with Crippen molar-refractivity contribution in [2.24, 2.45) is 0 Å². The molecule has 1 saturated heterocycles. The number of nitrogens with zero attached hydrogens (tertiary/aromatic N) is 2. The highest BCUT2D eigenvalue weighted by Crippen LogP contribution is 2.40. The van der Waals surface area contributed by atoms with E-state index < -0.39 is 0 Å². The summed E-state index contributed by atoms with van der Waals surface area (Å²) in [4.78, 5) is 18.7. The van der Waals surface area contributed by atoms with E-state index in [0.29, 0.717) is 18.7 Å². The molecule has 25 heavy (non-hydrogen) atoms. The second-order valence-electron chi connectivity index (χ2n) is 6.70. The van der Waals surface area contributed by atoms with Crippen LogP contribution < -0.4 is 0 Å². The molecule has 1 aromatic heterocycles. The Balaban J connectivity index is 1.48. The molecule has 1 atom stereocenters. The fraction of sp³-hybridized carbons (Fsp3) is 0.300. The van der Waals surface area contributed by atoms with Crippen molar-refractivity contribution >= 4 is 11.5 Å². The van der Waals surface area contributed by atoms with Gasteiger partial charge in [-0.1, -0.05) is 6.07 Å². The molecule has 3 heterocycles. The Kier molecular flexibility index (Phi) is 3.99. The van der Waals surface area contributed by atoms with Crippen LogP contribution in [-0.2, 0) is 4.74 Å². The molecule has 2 aromatic rings. The number of hydrogen-bond acceptors (Lipinski definition) is 3. The highest BCUT2D eigenvalue weighted by molar-refractivity contribution is 5.94. The maximum absolute atomic E-state index is 13.1. The average molecular weight is 338 g/mol. The number of likely N-dealkylation sites (tertiary alicyclic amines) is 1. The van der Waals surface area contributed by atoms with Crippen LogP contribution in [-0.4, -0.2) is 34.5 Å². The third kappa shape index (κ3) is 3.14. The van der Waals surface area contributed by atoms with E-state index in [-0.39, 0.29) is 17.3 Å². The summed E-state index contributed by atoms with van der Waals surface area (Å²) < 4.78 is 19.1. The van der Waals surface area contributed by atoms with Crippen LogP contribution in [0.1, 0.15) is 35.2 Å². The van der Waals surface area contributed by atoms with E-state index in [1.807, 2.05) is 29.5 Å². The van der Waals surface area contributed by atoms with Gasteiger partial charge >= 0.3 is 0 Å². The molecule has 0 radical (unpaired) electrons. The first-order chi connectivity index (χ1) is 12.2. The van der Waals surface area contributed by atoms with Gasteiger partial charge in [0.2, 0.25) is 0 Å². The molecule has 1 unspecified atom stereocenters. The number of carbonyl (C=O) groups is 1. The van der Waals surface area contributed by atoms with E-state index in [1.54, 1.807) is 6.20 Å². The maximum atomic E-state index is 13.1. The predicted octanol–water partition coefficient (Wildman–Crippen LogP) is 3.66. The van der Waals surface area contributed by atoms with Gasteiger partial charge in [-0.05, 0) is 54.3 Å². The Morgan fingerprint density at radius 2 is 2.08 bits per heavy atom. The quantitative estimate of drug-likeness (QED) is 0.839. The Bertz CT molecular complexity index is 804. The van der Waals surface area contributed by atoms with Gasteiger partial charge in [-0.3, -0.25) is 9.78 Å². The summed E-state index contributed by atoms with van der Waals surface area (Å²) in [5.74, 6) is -0.409. The number of rotatable bonds is 2. The third-order valence-corrected chi connectivity index (χ3v) is 4.91. The van der Waals surface area contributed by atoms with Crippen molar-refractivity contribution in [2.75, 3.05) is 13.1 Å². The number of pyridine rings is 1. The molecule has 128 valence electrons. The van der Waals surface area contributed by atoms with Crippen LogP contribution in [0.25, 0.3) is 5.57 Å². The smallest absolute Gasteiger partial charge is 0.253 e. The number of amides is 1. The van der Waals surface area contributed by atoms with Crippen molar-refractivity contribution in [2.45, 2.75) is 24.9 Å². The summed E-state index contributed by atoms with van der Waals surface area (Å²) >= 11 is 0. The molecule has 0 bridgehead atoms. The van der Waals surface area contributed by atoms with E-state index >= 15 is 0 Å². The number of benzene rings is 1. The summed E-state index contributed by atoms with van der Waals surface area (Å²) in [5, 5.41) is 0. The fourth-order valence-electron chi connectivity index (χ4n) is 3.64. The molecule has 4 nitrogen and oxygen atoms in total. The Hall–Kier alpha value is -2.69. The molecule has 0 saturated carbocycles. The molecule has 1 aromatic carbocycles. The van der Waals surface area contributed by atoms with Crippen molar-refractivity contribution in [1.29, 1.82) is 0 Å². The minimum Gasteiger partial charge on any atom is -0.492 e. The normalized spacial score (nSPS) is 22.6. The molecule has 0 aliphatic carbocycles. The molecule has 1 spiro atoms. The molecule has 4 rings (SSSR count). The highest BCUT2D eigenvalue weighted by Gasteiger charge is 2.42. The van der Waals surface area contributed by atoms with Gasteiger partial charge in [-0.25, -0.2) is 4.39 Å². The third-order valence-electron chi connectivity index (χ3n) is 4.91. The predicted molar refractivity (Wildman–Crippen MR) is 92.2 cm³/mol. The second kappa shape index (κ2) is 6.31. The van der Waals surface area contributed by atoms with Crippen LogP contribution in [0.15, 0.2) is 55.1 Å². The topological polar surface area (TPSA) is 42.4 Å². The minimum absolute atomic E-state index is 0.0718. The standard InChI is InChI=1S/C20H19FN2O2/c21-18-6-4-15(5-7-18)19(24)23-10-2-8-20(14-23)11-17(13-25-20)16-3-1-9-22-12-16/h1,3-7,9,12-13H,2,8,10-11,14H2. The van der Waals surface area contributed by atoms with Crippen LogP contribution in [0.2, 0.25) is 0 Å². The van der Waals surface area contributed by atoms with Crippen molar-refractivity contribution in [3.8, 4) is 0 Å². The zero-order valence-corrected chi connectivity index (χ0v) is 13.8. The summed E-state index contributed by atoms with van der Waals surface area (Å²) in [5.41, 5.74) is 2.32. The Morgan fingerprint density at radius 3 is 2.84 bits per heavy atom. The van der Waals surface area contributed by atoms with Crippen molar-refractivity contribution in [3.05, 3.63) is 72.0 Å². The number of piperidine rings is 1. The average Bonchev–Trinajstić information content (AvgIpc) is 3.06. The Labute approximate surface area is 145 Å². The number of hydrogen-bond donors (Lipinski definition) is 0. The van der Waals surface area contributed by atoms with Gasteiger partial charge in [0.1, 0.15) is 11.4 Å². The van der Waals surface area contributed by atoms with Crippen molar-refractivity contribution in [3.63, 3.8) is 0 Å². The first-order valence-corrected chi connectivity index (χ1v) is 8.47. The van der Waals surface area contributed by atoms with Crippen LogP contribution in [0.4, 0.5) is 4.39 Å². The van der Waals surface area contributed by atoms with Crippen molar-refractivity contribution < 1.29 is 13.9 Å². The van der Waals surface area contributed by atoms with E-state index in [1.165, 1.54) is 24.3 Å². The highest BCUT2D eigenvalue weighted by atomic mass is 19.1. The fourth-order valence-corrected chi connectivity index (χ4v) is 3.64. The van der Waals surface area contributed by atoms with Gasteiger partial charge in [-0.15, -0.1) is 0 Å². The van der Waals surface area contributed by atoms with Crippen LogP contribution in [0.3, 0.4) is 0 Å². The molecule has 1 fully saturated rings. The number of carbonyl (C=O) groups excluding carboxylic acids is 1. The molecule has 5 heteroatoms. The monoisotopic (exact) mass is 338 g/mol. The number of halogens is 1. The van der Waals surface area contributed by atoms with Gasteiger partial charge in [0, 0.05) is 30.9 Å². The number of ether oxygens (including phenoxy) is 1. The van der Waals surface area contributed by atoms with E-state index in [2.05, 4.69) is 4.98 Å². The molecule has 0 N–H and O–H groups in total. The summed E-state index contributed by atoms with van der Waals surface area (Å²) in [6, 6.07) is 9.64. The van der Waals surface area contributed by atoms with Gasteiger partial charge < -0.3 is 9.64 Å². The van der Waals surface area contributed by atoms with Gasteiger partial charge in [0.05, 0.1) is 12.8 Å². The largest absolute Gasteiger partial charge is 0.492 e. The van der Waals surface area contributed by atoms with E-state index in [0.717, 1.165) is 30.4 Å². The lowest BCUT2D eigenvalue weighted by molar-refractivity contribution is -0.0190. The molecule has 1 amide bonds. The summed E-state index contributed by atoms with van der Waals surface area (Å²) in [6.45, 7) is 1.24. The SMILES string of the molecule is O=C(c1ccc(F)cc1)N1CCCC2(CC(c3cccnc3)=CO2)C1. The summed E-state index contributed by atoms with van der Waals surface area (Å²) in [6.07, 6.45) is 7.97. The lowest BCUT2D eigenvalue weighted by Gasteiger charge is -2.39. The maximum Gasteiger partial charge on any atom is 0.253 e. The first kappa shape index (κ1) is 15.8. The number of aromatic nitrogens is 1. The lowest BCUT2D eigenvalue weighted by Crippen LogP contribution is -2.50. The second-order valence-corrected chi connectivity index (χ2v) is 6.70. The Morgan fingerprint density at radius 1 is 1.24 bits per heavy atom. The molecule has 2 aliphatic rings. The first-order valence-electron chi connectivity index (χ1n) is 8.47. The molecule has 2 aliphatic heterocycles. The van der Waals surface area contributed by atoms with Crippen LogP contribution in [0, 0.1) is 5.82 Å². The zero-order valence-electron chi connectivity index (χ0n) is 13.8. The molecular weight excluding hydrogens is 319 g/mol. The van der Waals surface area contributed by atoms with Gasteiger partial charge in [-0.2, -0.15) is 0 Å². The molecular formula is C20H19FN2O2. The zero-order chi connectivity index (χ0) is 17.3. The van der Waals surface area contributed by atoms with Gasteiger partial charge in [0.15, 0.2) is 0 Å². The summed E-state index contributed by atoms with van der Waals surface area (Å²) in [7, 11) is 0. The van der Waals surface area contributed by atoms with E-state index in [9.17, 15) is 9.18 Å². The van der Waals surface area contributed by atoms with Gasteiger partial charge in [0.25, 0.3) is 5.91 Å². The van der Waals surface area contributed by atoms with Crippen LogP contribution >= 0.6 is 0 Å². The lowest BCUT2D eigenvalue weighted by atomic mass is 9.86. The van der Waals surface area contributed by atoms with Crippen molar-refractivity contribution in [1.82, 2.24) is 9.88 Å². The van der Waals surface area contributed by atoms with E-state index in [4.69, 9.17) is 4.74 Å². The minimum atomic E-state index is -0.362.